The molecule has 0 spiro atoms. The van der Waals surface area contributed by atoms with E-state index in [9.17, 15) is 0 Å². The van der Waals surface area contributed by atoms with Gasteiger partial charge in [-0.15, -0.1) is 45.3 Å². The molecule has 0 aromatic carbocycles. The van der Waals surface area contributed by atoms with Gasteiger partial charge in [-0.25, -0.2) is 0 Å². The first-order chi connectivity index (χ1) is 15.3. The average Bonchev–Trinajstić information content (AvgIpc) is 3.51. The first-order valence-electron chi connectivity index (χ1n) is 10.9. The van der Waals surface area contributed by atoms with Gasteiger partial charge in [0.15, 0.2) is 0 Å². The van der Waals surface area contributed by atoms with Crippen molar-refractivity contribution in [1.29, 1.82) is 0 Å². The molecule has 32 heavy (non-hydrogen) atoms. The van der Waals surface area contributed by atoms with Gasteiger partial charge in [-0.2, -0.15) is 0 Å². The molecule has 4 aromatic rings. The van der Waals surface area contributed by atoms with Gasteiger partial charge in [0.25, 0.3) is 0 Å². The molecule has 0 radical (unpaired) electrons. The normalized spacial score (nSPS) is 14.6. The molecule has 0 aliphatic heterocycles. The van der Waals surface area contributed by atoms with Gasteiger partial charge >= 0.3 is 0 Å². The Morgan fingerprint density at radius 1 is 0.500 bits per heavy atom. The number of aryl methyl sites for hydroxylation is 4. The largest absolute Gasteiger partial charge is 0.140 e. The third-order valence-corrected chi connectivity index (χ3v) is 9.69. The van der Waals surface area contributed by atoms with Crippen molar-refractivity contribution in [2.45, 2.75) is 54.4 Å². The van der Waals surface area contributed by atoms with Crippen LogP contribution in [0.5, 0.6) is 0 Å². The van der Waals surface area contributed by atoms with Crippen molar-refractivity contribution in [3.8, 4) is 9.75 Å². The quantitative estimate of drug-likeness (QED) is 0.247. The lowest BCUT2D eigenvalue weighted by atomic mass is 10.1. The van der Waals surface area contributed by atoms with Crippen molar-refractivity contribution in [3.05, 3.63) is 90.4 Å². The van der Waals surface area contributed by atoms with Crippen LogP contribution >= 0.6 is 45.3 Å². The summed E-state index contributed by atoms with van der Waals surface area (Å²) >= 11 is 7.50. The Labute approximate surface area is 208 Å². The summed E-state index contributed by atoms with van der Waals surface area (Å²) in [7, 11) is 0. The van der Waals surface area contributed by atoms with Crippen LogP contribution in [0.15, 0.2) is 70.8 Å². The van der Waals surface area contributed by atoms with Crippen LogP contribution in [0.2, 0.25) is 0 Å². The standard InChI is InChI=1S/C10H10S2.C10H12.C8H8S2/c1-7-3-5-9(11-7)10-6-4-8(2)12-10;1-7-3-9-5-8(2)6-10(9)4-7;1-5-3-7-8(9-5)4-6(2)10-7/h3-6H,1-2H3;3,6H,4-5H2,1-2H3;3-4H,1-2H3. The highest BCUT2D eigenvalue weighted by atomic mass is 32.1. The van der Waals surface area contributed by atoms with Crippen LogP contribution in [0.25, 0.3) is 19.2 Å². The zero-order valence-corrected chi connectivity index (χ0v) is 22.9. The van der Waals surface area contributed by atoms with Crippen molar-refractivity contribution in [2.75, 3.05) is 0 Å². The summed E-state index contributed by atoms with van der Waals surface area (Å²) < 4.78 is 2.89. The summed E-state index contributed by atoms with van der Waals surface area (Å²) in [6.07, 6.45) is 7.07. The molecule has 0 saturated heterocycles. The summed E-state index contributed by atoms with van der Waals surface area (Å²) in [6, 6.07) is 13.3. The molecular weight excluding hydrogens is 465 g/mol. The summed E-state index contributed by atoms with van der Waals surface area (Å²) in [5, 5.41) is 0. The van der Waals surface area contributed by atoms with E-state index in [2.05, 4.69) is 90.1 Å². The van der Waals surface area contributed by atoms with Crippen molar-refractivity contribution in [1.82, 2.24) is 0 Å². The Morgan fingerprint density at radius 2 is 0.906 bits per heavy atom. The van der Waals surface area contributed by atoms with E-state index in [1.54, 1.807) is 11.1 Å². The van der Waals surface area contributed by atoms with E-state index in [0.29, 0.717) is 0 Å². The first kappa shape index (κ1) is 23.4. The highest BCUT2D eigenvalue weighted by Gasteiger charge is 2.16. The molecule has 6 rings (SSSR count). The molecule has 166 valence electrons. The SMILES string of the molecule is CC1=CC2=C(C=C(C)C2)C1.Cc1cc2sc(C)cc2s1.Cc1ccc(-c2ccc(C)s2)s1. The fraction of sp³-hybridized carbons (Fsp3) is 0.286. The van der Waals surface area contributed by atoms with Gasteiger partial charge in [-0.05, 0) is 102 Å². The molecule has 4 heterocycles. The maximum atomic E-state index is 2.34. The summed E-state index contributed by atoms with van der Waals surface area (Å²) in [5.74, 6) is 0. The zero-order valence-electron chi connectivity index (χ0n) is 19.7. The maximum Gasteiger partial charge on any atom is 0.0456 e. The minimum absolute atomic E-state index is 1.20. The van der Waals surface area contributed by atoms with E-state index in [0.717, 1.165) is 0 Å². The highest BCUT2D eigenvalue weighted by molar-refractivity contribution is 7.27. The topological polar surface area (TPSA) is 0 Å². The lowest BCUT2D eigenvalue weighted by Crippen LogP contribution is -1.72. The molecule has 4 heteroatoms. The number of thiophene rings is 4. The predicted molar refractivity (Wildman–Crippen MR) is 150 cm³/mol. The van der Waals surface area contributed by atoms with E-state index < -0.39 is 0 Å². The molecule has 0 fully saturated rings. The van der Waals surface area contributed by atoms with Crippen LogP contribution in [-0.4, -0.2) is 0 Å². The molecule has 0 N–H and O–H groups in total. The predicted octanol–water partition coefficient (Wildman–Crippen LogP) is 10.7. The fourth-order valence-corrected chi connectivity index (χ4v) is 8.09. The Hall–Kier alpha value is -1.72. The number of fused-ring (bicyclic) bond motifs is 1. The molecule has 2 aliphatic rings. The van der Waals surface area contributed by atoms with Crippen LogP contribution in [-0.2, 0) is 0 Å². The maximum absolute atomic E-state index is 2.34. The molecule has 0 amide bonds. The molecule has 0 nitrogen and oxygen atoms in total. The van der Waals surface area contributed by atoms with Gasteiger partial charge in [0.1, 0.15) is 0 Å². The molecule has 2 aliphatic carbocycles. The lowest BCUT2D eigenvalue weighted by molar-refractivity contribution is 1.18. The van der Waals surface area contributed by atoms with Crippen molar-refractivity contribution < 1.29 is 0 Å². The smallest absolute Gasteiger partial charge is 0.0456 e. The number of allylic oxidation sites excluding steroid dienone is 6. The Balaban J connectivity index is 0.000000115. The van der Waals surface area contributed by atoms with Crippen LogP contribution in [0, 0.1) is 27.7 Å². The van der Waals surface area contributed by atoms with Gasteiger partial charge in [0.05, 0.1) is 0 Å². The summed E-state index contributed by atoms with van der Waals surface area (Å²) in [5.41, 5.74) is 6.17. The third kappa shape index (κ3) is 5.79. The second-order valence-corrected chi connectivity index (χ2v) is 13.8. The lowest BCUT2D eigenvalue weighted by Gasteiger charge is -1.92. The minimum Gasteiger partial charge on any atom is -0.140 e. The first-order valence-corrected chi connectivity index (χ1v) is 14.2. The van der Waals surface area contributed by atoms with Crippen molar-refractivity contribution in [2.24, 2.45) is 0 Å². The van der Waals surface area contributed by atoms with Crippen LogP contribution < -0.4 is 0 Å². The Bertz CT molecular complexity index is 1200. The van der Waals surface area contributed by atoms with Gasteiger partial charge < -0.3 is 0 Å². The van der Waals surface area contributed by atoms with Gasteiger partial charge in [-0.3, -0.25) is 0 Å². The molecule has 0 bridgehead atoms. The van der Waals surface area contributed by atoms with E-state index >= 15 is 0 Å². The number of hydrogen-bond acceptors (Lipinski definition) is 4. The van der Waals surface area contributed by atoms with Crippen molar-refractivity contribution in [3.63, 3.8) is 0 Å². The monoisotopic (exact) mass is 494 g/mol. The van der Waals surface area contributed by atoms with Gasteiger partial charge in [0, 0.05) is 38.7 Å². The number of rotatable bonds is 1. The van der Waals surface area contributed by atoms with Gasteiger partial charge in [-0.1, -0.05) is 23.3 Å². The second kappa shape index (κ2) is 10.0. The van der Waals surface area contributed by atoms with E-state index in [4.69, 9.17) is 0 Å². The Morgan fingerprint density at radius 3 is 1.25 bits per heavy atom. The molecule has 0 unspecified atom stereocenters. The van der Waals surface area contributed by atoms with Crippen LogP contribution in [0.3, 0.4) is 0 Å². The Kier molecular flexibility index (Phi) is 7.36. The van der Waals surface area contributed by atoms with E-state index in [1.807, 2.05) is 45.3 Å². The van der Waals surface area contributed by atoms with E-state index in [1.165, 1.54) is 62.7 Å². The average molecular weight is 495 g/mol. The molecule has 0 saturated carbocycles. The zero-order chi connectivity index (χ0) is 22.8. The van der Waals surface area contributed by atoms with Crippen LogP contribution in [0.1, 0.15) is 46.2 Å². The number of hydrogen-bond donors (Lipinski definition) is 0. The van der Waals surface area contributed by atoms with E-state index in [-0.39, 0.29) is 0 Å². The third-order valence-electron chi connectivity index (χ3n) is 5.37. The van der Waals surface area contributed by atoms with Crippen molar-refractivity contribution >= 4 is 54.7 Å². The van der Waals surface area contributed by atoms with Crippen LogP contribution in [0.4, 0.5) is 0 Å². The van der Waals surface area contributed by atoms with Gasteiger partial charge in [0.2, 0.25) is 0 Å². The minimum atomic E-state index is 1.20. The second-order valence-electron chi connectivity index (χ2n) is 8.65. The highest BCUT2D eigenvalue weighted by Crippen LogP contribution is 2.36. The molecule has 0 atom stereocenters. The molecule has 4 aromatic heterocycles. The fourth-order valence-electron chi connectivity index (χ4n) is 4.02. The summed E-state index contributed by atoms with van der Waals surface area (Å²) in [4.78, 5) is 8.39. The summed E-state index contributed by atoms with van der Waals surface area (Å²) in [6.45, 7) is 13.0. The molecular formula is C28H30S4.